The number of allylic oxidation sites excluding steroid dienone is 2. The average molecular weight is 432 g/mol. The number of carbonyl (C=O) groups excluding carboxylic acids is 2. The van der Waals surface area contributed by atoms with Crippen molar-refractivity contribution in [2.24, 2.45) is 0 Å². The Labute approximate surface area is 179 Å². The number of unbranched alkanes of at least 4 members (excludes halogenated alkanes) is 1. The molecule has 7 heteroatoms. The van der Waals surface area contributed by atoms with E-state index in [-0.39, 0.29) is 31.0 Å². The van der Waals surface area contributed by atoms with Gasteiger partial charge < -0.3 is 18.9 Å². The van der Waals surface area contributed by atoms with Crippen molar-refractivity contribution < 1.29 is 28.5 Å². The molecule has 0 saturated carbocycles. The molecule has 2 aliphatic rings. The first kappa shape index (κ1) is 22.5. The molecule has 3 rings (SSSR count). The highest BCUT2D eigenvalue weighted by Crippen LogP contribution is 2.38. The number of epoxide rings is 1. The Morgan fingerprint density at radius 2 is 1.90 bits per heavy atom. The van der Waals surface area contributed by atoms with Crippen molar-refractivity contribution >= 4 is 21.0 Å². The normalized spacial score (nSPS) is 21.1. The zero-order valence-corrected chi connectivity index (χ0v) is 18.8. The SMILES string of the molecule is CCCCC(P)(CC(=O)c1c(OC)cccc1OC)C(=O)OCC1=CC=CC2OC12. The number of Topliss-reactive ketones (excluding diaryl/α,β-unsaturated/α-hetero) is 1. The minimum Gasteiger partial charge on any atom is -0.496 e. The molecule has 4 atom stereocenters. The summed E-state index contributed by atoms with van der Waals surface area (Å²) in [6, 6.07) is 5.17. The van der Waals surface area contributed by atoms with Crippen molar-refractivity contribution in [1.82, 2.24) is 0 Å². The molecule has 6 nitrogen and oxygen atoms in total. The molecule has 162 valence electrons. The van der Waals surface area contributed by atoms with Crippen LogP contribution in [0.1, 0.15) is 43.0 Å². The Morgan fingerprint density at radius 1 is 1.20 bits per heavy atom. The van der Waals surface area contributed by atoms with E-state index in [9.17, 15) is 9.59 Å². The number of carbonyl (C=O) groups is 2. The van der Waals surface area contributed by atoms with Crippen molar-refractivity contribution in [3.63, 3.8) is 0 Å². The van der Waals surface area contributed by atoms with Gasteiger partial charge in [-0.1, -0.05) is 44.1 Å². The highest BCUT2D eigenvalue weighted by atomic mass is 31.0. The molecule has 1 aromatic carbocycles. The second kappa shape index (κ2) is 9.76. The van der Waals surface area contributed by atoms with Gasteiger partial charge in [-0.2, -0.15) is 0 Å². The van der Waals surface area contributed by atoms with Gasteiger partial charge in [-0.15, -0.1) is 9.24 Å². The second-order valence-electron chi connectivity index (χ2n) is 7.62. The maximum atomic E-state index is 13.2. The Bertz CT molecular complexity index is 839. The van der Waals surface area contributed by atoms with Gasteiger partial charge in [-0.3, -0.25) is 9.59 Å². The second-order valence-corrected chi connectivity index (χ2v) is 8.73. The largest absolute Gasteiger partial charge is 0.496 e. The lowest BCUT2D eigenvalue weighted by Crippen LogP contribution is -2.37. The van der Waals surface area contributed by atoms with E-state index in [0.29, 0.717) is 23.5 Å². The number of esters is 1. The summed E-state index contributed by atoms with van der Waals surface area (Å²) in [5, 5.41) is -1.02. The number of hydrogen-bond donors (Lipinski definition) is 0. The van der Waals surface area contributed by atoms with Crippen molar-refractivity contribution in [1.29, 1.82) is 0 Å². The van der Waals surface area contributed by atoms with Crippen LogP contribution in [0.5, 0.6) is 11.5 Å². The van der Waals surface area contributed by atoms with Gasteiger partial charge >= 0.3 is 5.97 Å². The molecule has 4 unspecified atom stereocenters. The number of methoxy groups -OCH3 is 2. The van der Waals surface area contributed by atoms with E-state index in [2.05, 4.69) is 9.24 Å². The third-order valence-corrected chi connectivity index (χ3v) is 6.17. The number of benzene rings is 1. The molecule has 1 saturated heterocycles. The topological polar surface area (TPSA) is 74.4 Å². The summed E-state index contributed by atoms with van der Waals surface area (Å²) in [6.45, 7) is 2.21. The van der Waals surface area contributed by atoms with Crippen LogP contribution >= 0.6 is 9.24 Å². The number of ether oxygens (including phenoxy) is 4. The van der Waals surface area contributed by atoms with E-state index in [4.69, 9.17) is 18.9 Å². The van der Waals surface area contributed by atoms with Crippen LogP contribution in [0.15, 0.2) is 42.0 Å². The zero-order chi connectivity index (χ0) is 21.7. The maximum Gasteiger partial charge on any atom is 0.316 e. The molecule has 0 N–H and O–H groups in total. The Morgan fingerprint density at radius 3 is 2.53 bits per heavy atom. The van der Waals surface area contributed by atoms with E-state index >= 15 is 0 Å². The van der Waals surface area contributed by atoms with Crippen LogP contribution in [0, 0.1) is 0 Å². The molecular formula is C23H29O6P. The van der Waals surface area contributed by atoms with Crippen LogP contribution in [0.3, 0.4) is 0 Å². The van der Waals surface area contributed by atoms with Crippen LogP contribution in [0.2, 0.25) is 0 Å². The summed E-state index contributed by atoms with van der Waals surface area (Å²) in [7, 11) is 5.59. The third kappa shape index (κ3) is 4.93. The van der Waals surface area contributed by atoms with Crippen molar-refractivity contribution in [3.05, 3.63) is 47.6 Å². The summed E-state index contributed by atoms with van der Waals surface area (Å²) in [5.41, 5.74) is 1.28. The van der Waals surface area contributed by atoms with E-state index in [1.807, 2.05) is 25.2 Å². The van der Waals surface area contributed by atoms with Crippen LogP contribution in [0.4, 0.5) is 0 Å². The predicted molar refractivity (Wildman–Crippen MR) is 117 cm³/mol. The lowest BCUT2D eigenvalue weighted by atomic mass is 9.91. The predicted octanol–water partition coefficient (Wildman–Crippen LogP) is 3.89. The summed E-state index contributed by atoms with van der Waals surface area (Å²) in [4.78, 5) is 26.3. The summed E-state index contributed by atoms with van der Waals surface area (Å²) in [5.74, 6) is 0.215. The fraction of sp³-hybridized carbons (Fsp3) is 0.478. The molecular weight excluding hydrogens is 403 g/mol. The average Bonchev–Trinajstić information content (AvgIpc) is 3.55. The van der Waals surface area contributed by atoms with Gasteiger partial charge in [-0.25, -0.2) is 0 Å². The molecule has 1 heterocycles. The molecule has 30 heavy (non-hydrogen) atoms. The minimum absolute atomic E-state index is 0.0109. The number of hydrogen-bond acceptors (Lipinski definition) is 6. The van der Waals surface area contributed by atoms with Crippen LogP contribution in [-0.2, 0) is 14.3 Å². The first-order valence-electron chi connectivity index (χ1n) is 10.2. The van der Waals surface area contributed by atoms with E-state index in [0.717, 1.165) is 18.4 Å². The summed E-state index contributed by atoms with van der Waals surface area (Å²) < 4.78 is 21.9. The minimum atomic E-state index is -1.02. The Hall–Kier alpha value is -2.17. The standard InChI is InChI=1S/C23H29O6P/c1-4-5-12-23(30,22(25)28-14-15-8-6-11-19-21(15)29-19)13-16(24)20-17(26-2)9-7-10-18(20)27-3/h6-11,19,21H,4-5,12-14,30H2,1-3H3. The van der Waals surface area contributed by atoms with Crippen LogP contribution in [0.25, 0.3) is 0 Å². The van der Waals surface area contributed by atoms with Crippen molar-refractivity contribution in [2.75, 3.05) is 20.8 Å². The van der Waals surface area contributed by atoms with Gasteiger partial charge in [-0.05, 0) is 24.1 Å². The molecule has 0 bridgehead atoms. The number of ketones is 1. The number of fused-ring (bicyclic) bond motifs is 1. The van der Waals surface area contributed by atoms with Gasteiger partial charge in [0.1, 0.15) is 35.9 Å². The monoisotopic (exact) mass is 432 g/mol. The fourth-order valence-corrected chi connectivity index (χ4v) is 4.10. The van der Waals surface area contributed by atoms with E-state index < -0.39 is 11.1 Å². The molecule has 1 aliphatic carbocycles. The molecule has 1 aliphatic heterocycles. The van der Waals surface area contributed by atoms with Crippen LogP contribution < -0.4 is 9.47 Å². The molecule has 0 radical (unpaired) electrons. The quantitative estimate of drug-likeness (QED) is 0.229. The van der Waals surface area contributed by atoms with E-state index in [1.165, 1.54) is 14.2 Å². The van der Waals surface area contributed by atoms with Gasteiger partial charge in [0.15, 0.2) is 5.78 Å². The molecule has 0 amide bonds. The maximum absolute atomic E-state index is 13.2. The number of rotatable bonds is 11. The fourth-order valence-electron chi connectivity index (χ4n) is 3.63. The molecule has 1 aromatic rings. The van der Waals surface area contributed by atoms with Gasteiger partial charge in [0, 0.05) is 6.42 Å². The first-order valence-corrected chi connectivity index (χ1v) is 10.7. The first-order chi connectivity index (χ1) is 14.4. The molecule has 0 aromatic heterocycles. The van der Waals surface area contributed by atoms with Gasteiger partial charge in [0.2, 0.25) is 0 Å². The summed E-state index contributed by atoms with van der Waals surface area (Å²) >= 11 is 0. The lowest BCUT2D eigenvalue weighted by molar-refractivity contribution is -0.146. The van der Waals surface area contributed by atoms with Crippen molar-refractivity contribution in [3.8, 4) is 11.5 Å². The zero-order valence-electron chi connectivity index (χ0n) is 17.7. The third-order valence-electron chi connectivity index (χ3n) is 5.44. The smallest absolute Gasteiger partial charge is 0.316 e. The van der Waals surface area contributed by atoms with Gasteiger partial charge in [0.25, 0.3) is 0 Å². The van der Waals surface area contributed by atoms with Crippen molar-refractivity contribution in [2.45, 2.75) is 50.0 Å². The lowest BCUT2D eigenvalue weighted by Gasteiger charge is -2.27. The van der Waals surface area contributed by atoms with Gasteiger partial charge in [0.05, 0.1) is 19.4 Å². The van der Waals surface area contributed by atoms with E-state index in [1.54, 1.807) is 18.2 Å². The summed E-state index contributed by atoms with van der Waals surface area (Å²) in [6.07, 6.45) is 8.14. The molecule has 1 fully saturated rings. The highest BCUT2D eigenvalue weighted by Gasteiger charge is 2.43. The highest BCUT2D eigenvalue weighted by molar-refractivity contribution is 7.21. The molecule has 0 spiro atoms. The van der Waals surface area contributed by atoms with Crippen LogP contribution in [-0.4, -0.2) is 49.9 Å². The Kier molecular flexibility index (Phi) is 7.32. The Balaban J connectivity index is 1.75.